The molecule has 1 aromatic rings. The fraction of sp³-hybridized carbons (Fsp3) is 0.750. The maximum atomic E-state index is 11.9. The highest BCUT2D eigenvalue weighted by Gasteiger charge is 2.09. The summed E-state index contributed by atoms with van der Waals surface area (Å²) in [5.41, 5.74) is 1.17. The van der Waals surface area contributed by atoms with Gasteiger partial charge in [0.2, 0.25) is 0 Å². The molecule has 0 fully saturated rings. The molecule has 0 aliphatic carbocycles. The van der Waals surface area contributed by atoms with E-state index in [1.54, 1.807) is 6.20 Å². The predicted octanol–water partition coefficient (Wildman–Crippen LogP) is 1.61. The zero-order valence-corrected chi connectivity index (χ0v) is 10.9. The molecule has 4 nitrogen and oxygen atoms in total. The highest BCUT2D eigenvalue weighted by Crippen LogP contribution is 2.06. The summed E-state index contributed by atoms with van der Waals surface area (Å²) in [4.78, 5) is 0. The third-order valence-electron chi connectivity index (χ3n) is 2.93. The lowest BCUT2D eigenvalue weighted by atomic mass is 10.1. The summed E-state index contributed by atoms with van der Waals surface area (Å²) in [6.07, 6.45) is 1.98. The van der Waals surface area contributed by atoms with Crippen molar-refractivity contribution in [1.82, 2.24) is 15.1 Å². The minimum absolute atomic E-state index is 0.276. The number of halogens is 2. The Hall–Kier alpha value is -1.01. The zero-order chi connectivity index (χ0) is 13.4. The lowest BCUT2D eigenvalue weighted by Gasteiger charge is -2.16. The summed E-state index contributed by atoms with van der Waals surface area (Å²) in [7, 11) is 3.79. The second-order valence-electron chi connectivity index (χ2n) is 4.23. The lowest BCUT2D eigenvalue weighted by molar-refractivity contribution is 0.0144. The number of hydrogen-bond acceptors (Lipinski definition) is 3. The van der Waals surface area contributed by atoms with Crippen LogP contribution >= 0.6 is 0 Å². The van der Waals surface area contributed by atoms with E-state index in [0.717, 1.165) is 19.3 Å². The number of aryl methyl sites for hydroxylation is 2. The normalized spacial score (nSPS) is 13.2. The van der Waals surface area contributed by atoms with Crippen LogP contribution in [0.15, 0.2) is 12.3 Å². The standard InChI is InChI=1S/C12H21F2N3O/c1-15-10(6-8-18-9-12(13)14)3-4-11-5-7-16-17(11)2/h5,7,10,12,15H,3-4,6,8-9H2,1-2H3. The molecule has 1 N–H and O–H groups in total. The van der Waals surface area contributed by atoms with Gasteiger partial charge in [-0.15, -0.1) is 0 Å². The van der Waals surface area contributed by atoms with Gasteiger partial charge in [0.25, 0.3) is 6.43 Å². The molecule has 0 bridgehead atoms. The summed E-state index contributed by atoms with van der Waals surface area (Å²) >= 11 is 0. The van der Waals surface area contributed by atoms with Gasteiger partial charge < -0.3 is 10.1 Å². The SMILES string of the molecule is CNC(CCOCC(F)F)CCc1ccnn1C. The predicted molar refractivity (Wildman–Crippen MR) is 65.8 cm³/mol. The van der Waals surface area contributed by atoms with Gasteiger partial charge in [-0.3, -0.25) is 4.68 Å². The van der Waals surface area contributed by atoms with Gasteiger partial charge in [-0.05, 0) is 32.4 Å². The van der Waals surface area contributed by atoms with Gasteiger partial charge in [0, 0.05) is 31.6 Å². The van der Waals surface area contributed by atoms with Crippen LogP contribution in [-0.4, -0.2) is 42.5 Å². The van der Waals surface area contributed by atoms with Crippen molar-refractivity contribution >= 4 is 0 Å². The topological polar surface area (TPSA) is 39.1 Å². The van der Waals surface area contributed by atoms with Gasteiger partial charge >= 0.3 is 0 Å². The van der Waals surface area contributed by atoms with Crippen LogP contribution in [-0.2, 0) is 18.2 Å². The first-order valence-electron chi connectivity index (χ1n) is 6.13. The largest absolute Gasteiger partial charge is 0.375 e. The number of nitrogens with zero attached hydrogens (tertiary/aromatic N) is 2. The Balaban J connectivity index is 2.19. The van der Waals surface area contributed by atoms with E-state index in [9.17, 15) is 8.78 Å². The smallest absolute Gasteiger partial charge is 0.261 e. The average Bonchev–Trinajstić information content (AvgIpc) is 2.74. The van der Waals surface area contributed by atoms with E-state index in [4.69, 9.17) is 4.74 Å². The van der Waals surface area contributed by atoms with E-state index < -0.39 is 13.0 Å². The molecule has 0 aliphatic rings. The molecule has 0 saturated heterocycles. The van der Waals surface area contributed by atoms with Crippen LogP contribution in [0.2, 0.25) is 0 Å². The Morgan fingerprint density at radius 1 is 1.44 bits per heavy atom. The molecular weight excluding hydrogens is 240 g/mol. The molecule has 18 heavy (non-hydrogen) atoms. The van der Waals surface area contributed by atoms with Crippen LogP contribution in [0.1, 0.15) is 18.5 Å². The molecule has 0 radical (unpaired) electrons. The number of rotatable bonds is 9. The van der Waals surface area contributed by atoms with Crippen molar-refractivity contribution in [2.45, 2.75) is 31.7 Å². The van der Waals surface area contributed by atoms with E-state index in [-0.39, 0.29) is 6.04 Å². The summed E-state index contributed by atoms with van der Waals surface area (Å²) in [6, 6.07) is 2.26. The Morgan fingerprint density at radius 2 is 2.22 bits per heavy atom. The molecule has 1 unspecified atom stereocenters. The molecule has 1 rings (SSSR count). The van der Waals surface area contributed by atoms with Gasteiger partial charge in [-0.2, -0.15) is 5.10 Å². The number of alkyl halides is 2. The second-order valence-corrected chi connectivity index (χ2v) is 4.23. The zero-order valence-electron chi connectivity index (χ0n) is 10.9. The molecule has 104 valence electrons. The van der Waals surface area contributed by atoms with E-state index in [0.29, 0.717) is 6.61 Å². The Kier molecular flexibility index (Phi) is 6.82. The minimum Gasteiger partial charge on any atom is -0.375 e. The third kappa shape index (κ3) is 5.55. The van der Waals surface area contributed by atoms with Crippen molar-refractivity contribution in [3.05, 3.63) is 18.0 Å². The summed E-state index contributed by atoms with van der Waals surface area (Å²) < 4.78 is 30.5. The van der Waals surface area contributed by atoms with E-state index in [1.165, 1.54) is 5.69 Å². The number of hydrogen-bond donors (Lipinski definition) is 1. The molecule has 1 aromatic heterocycles. The van der Waals surface area contributed by atoms with E-state index in [2.05, 4.69) is 10.4 Å². The first-order valence-corrected chi connectivity index (χ1v) is 6.13. The van der Waals surface area contributed by atoms with Crippen molar-refractivity contribution in [3.8, 4) is 0 Å². The van der Waals surface area contributed by atoms with Gasteiger partial charge in [-0.25, -0.2) is 8.78 Å². The van der Waals surface area contributed by atoms with Gasteiger partial charge in [-0.1, -0.05) is 0 Å². The van der Waals surface area contributed by atoms with Crippen molar-refractivity contribution in [3.63, 3.8) is 0 Å². The quantitative estimate of drug-likeness (QED) is 0.686. The lowest BCUT2D eigenvalue weighted by Crippen LogP contribution is -2.28. The minimum atomic E-state index is -2.38. The molecule has 1 atom stereocenters. The van der Waals surface area contributed by atoms with Gasteiger partial charge in [0.15, 0.2) is 0 Å². The molecule has 0 saturated carbocycles. The van der Waals surface area contributed by atoms with E-state index in [1.807, 2.05) is 24.8 Å². The first kappa shape index (κ1) is 15.0. The van der Waals surface area contributed by atoms with Crippen LogP contribution in [0.3, 0.4) is 0 Å². The molecule has 6 heteroatoms. The van der Waals surface area contributed by atoms with Crippen LogP contribution < -0.4 is 5.32 Å². The molecule has 0 aromatic carbocycles. The molecule has 0 amide bonds. The highest BCUT2D eigenvalue weighted by molar-refractivity contribution is 5.00. The molecular formula is C12H21F2N3O. The molecule has 0 aliphatic heterocycles. The van der Waals surface area contributed by atoms with Gasteiger partial charge in [0.05, 0.1) is 0 Å². The molecule has 1 heterocycles. The Morgan fingerprint density at radius 3 is 2.78 bits per heavy atom. The van der Waals surface area contributed by atoms with Crippen LogP contribution in [0.5, 0.6) is 0 Å². The maximum Gasteiger partial charge on any atom is 0.261 e. The Labute approximate surface area is 106 Å². The summed E-state index contributed by atoms with van der Waals surface area (Å²) in [5, 5.41) is 7.28. The molecule has 0 spiro atoms. The maximum absolute atomic E-state index is 11.9. The highest BCUT2D eigenvalue weighted by atomic mass is 19.3. The van der Waals surface area contributed by atoms with Crippen LogP contribution in [0.4, 0.5) is 8.78 Å². The summed E-state index contributed by atoms with van der Waals surface area (Å²) in [5.74, 6) is 0. The van der Waals surface area contributed by atoms with Crippen molar-refractivity contribution in [1.29, 1.82) is 0 Å². The fourth-order valence-electron chi connectivity index (χ4n) is 1.80. The number of ether oxygens (including phenoxy) is 1. The van der Waals surface area contributed by atoms with Crippen molar-refractivity contribution in [2.24, 2.45) is 7.05 Å². The number of nitrogens with one attached hydrogen (secondary N) is 1. The fourth-order valence-corrected chi connectivity index (χ4v) is 1.80. The number of aromatic nitrogens is 2. The monoisotopic (exact) mass is 261 g/mol. The first-order chi connectivity index (χ1) is 8.63. The average molecular weight is 261 g/mol. The second kappa shape index (κ2) is 8.16. The van der Waals surface area contributed by atoms with Gasteiger partial charge in [0.1, 0.15) is 6.61 Å². The van der Waals surface area contributed by atoms with Crippen molar-refractivity contribution < 1.29 is 13.5 Å². The van der Waals surface area contributed by atoms with E-state index >= 15 is 0 Å². The summed E-state index contributed by atoms with van der Waals surface area (Å²) in [6.45, 7) is -0.112. The van der Waals surface area contributed by atoms with Crippen LogP contribution in [0, 0.1) is 0 Å². The van der Waals surface area contributed by atoms with Crippen LogP contribution in [0.25, 0.3) is 0 Å². The third-order valence-corrected chi connectivity index (χ3v) is 2.93. The Bertz CT molecular complexity index is 331. The van der Waals surface area contributed by atoms with Crippen molar-refractivity contribution in [2.75, 3.05) is 20.3 Å².